The van der Waals surface area contributed by atoms with Crippen LogP contribution in [0.15, 0.2) is 76.8 Å². The average molecular weight is 791 g/mol. The maximum absolute atomic E-state index is 14.1. The number of hydrogen-bond donors (Lipinski definition) is 4. The monoisotopic (exact) mass is 790 g/mol. The summed E-state index contributed by atoms with van der Waals surface area (Å²) in [5, 5.41) is 36.7. The molecule has 0 bridgehead atoms. The summed E-state index contributed by atoms with van der Waals surface area (Å²) in [5.41, 5.74) is 8.78. The molecule has 2 saturated heterocycles. The second kappa shape index (κ2) is 16.1. The van der Waals surface area contributed by atoms with Crippen LogP contribution in [0.4, 0.5) is 0 Å². The number of carbonyl (C=O) groups is 2. The normalized spacial score (nSPS) is 18.5. The fourth-order valence-corrected chi connectivity index (χ4v) is 8.63. The van der Waals surface area contributed by atoms with Crippen LogP contribution in [0.1, 0.15) is 67.8 Å². The molecule has 4 aromatic heterocycles. The number of hydrogen-bond acceptors (Lipinski definition) is 12. The highest BCUT2D eigenvalue weighted by Crippen LogP contribution is 2.35. The number of rotatable bonds is 13. The number of aromatic nitrogens is 5. The van der Waals surface area contributed by atoms with Crippen molar-refractivity contribution >= 4 is 34.2 Å². The van der Waals surface area contributed by atoms with Gasteiger partial charge < -0.3 is 34.7 Å². The van der Waals surface area contributed by atoms with Gasteiger partial charge in [-0.25, -0.2) is 4.98 Å². The van der Waals surface area contributed by atoms with Crippen molar-refractivity contribution in [1.82, 2.24) is 40.4 Å². The second-order valence-electron chi connectivity index (χ2n) is 15.4. The minimum atomic E-state index is -0.826. The smallest absolute Gasteiger partial charge is 0.254 e. The van der Waals surface area contributed by atoms with Gasteiger partial charge in [0.1, 0.15) is 29.8 Å². The molecule has 2 aliphatic heterocycles. The van der Waals surface area contributed by atoms with Gasteiger partial charge in [-0.3, -0.25) is 14.5 Å². The number of para-hydroxylation sites is 1. The Kier molecular flexibility index (Phi) is 10.8. The van der Waals surface area contributed by atoms with Crippen molar-refractivity contribution in [2.24, 2.45) is 5.92 Å². The number of fused-ring (bicyclic) bond motifs is 1. The van der Waals surface area contributed by atoms with Crippen LogP contribution >= 0.6 is 11.3 Å². The molecule has 6 heterocycles. The molecule has 296 valence electrons. The number of thiazole rings is 1. The second-order valence-corrected chi connectivity index (χ2v) is 16.2. The quantitative estimate of drug-likeness (QED) is 0.111. The molecule has 2 unspecified atom stereocenters. The summed E-state index contributed by atoms with van der Waals surface area (Å²) in [5.74, 6) is -0.397. The van der Waals surface area contributed by atoms with Crippen molar-refractivity contribution in [2.45, 2.75) is 64.1 Å². The summed E-state index contributed by atoms with van der Waals surface area (Å²) in [6.45, 7) is 10.5. The number of aliphatic hydroxyl groups is 1. The Morgan fingerprint density at radius 2 is 1.84 bits per heavy atom. The van der Waals surface area contributed by atoms with Gasteiger partial charge in [0.25, 0.3) is 5.88 Å². The zero-order valence-corrected chi connectivity index (χ0v) is 33.1. The number of aryl methyl sites for hydroxylation is 1. The van der Waals surface area contributed by atoms with E-state index in [9.17, 15) is 19.8 Å². The van der Waals surface area contributed by atoms with Gasteiger partial charge in [0, 0.05) is 55.8 Å². The number of phenolic OH excluding ortho intramolecular Hbond substituents is 1. The standard InChI is InChI=1S/C42H46N8O6S/c1-23(2)39(42(54)50-21-29(51)15-35(50)41(53)44-24(3)26-9-11-27(12-10-26)40-25(4)43-22-57-40)37-18-38(48-56-37)55-14-13-49-19-28(20-49)31-16-34-33(45-31)17-32(46-47-34)30-7-5-6-8-36(30)52/h5-12,16-18,22-24,28-29,35,39,45,51-52H,13-15,19-21H2,1-4H3,(H,44,53)/t24-,29?,35?,39+/m0/s1. The lowest BCUT2D eigenvalue weighted by Crippen LogP contribution is -2.48. The van der Waals surface area contributed by atoms with Crippen LogP contribution < -0.4 is 10.1 Å². The van der Waals surface area contributed by atoms with Gasteiger partial charge in [-0.05, 0) is 60.3 Å². The van der Waals surface area contributed by atoms with Crippen LogP contribution in [-0.2, 0) is 9.59 Å². The zero-order chi connectivity index (χ0) is 39.8. The number of likely N-dealkylation sites (tertiary alicyclic amines) is 2. The number of β-amino-alcohol motifs (C(OH)–C–C–N with tert-alkyl or cyclic N) is 1. The van der Waals surface area contributed by atoms with Gasteiger partial charge in [0.15, 0.2) is 5.76 Å². The molecule has 2 fully saturated rings. The third-order valence-corrected chi connectivity index (χ3v) is 12.0. The van der Waals surface area contributed by atoms with E-state index in [1.54, 1.807) is 29.5 Å². The van der Waals surface area contributed by atoms with Crippen molar-refractivity contribution in [3.8, 4) is 33.3 Å². The summed E-state index contributed by atoms with van der Waals surface area (Å²) in [6.07, 6.45) is -0.674. The molecule has 0 spiro atoms. The SMILES string of the molecule is Cc1ncsc1-c1ccc([C@H](C)NC(=O)C2CC(O)CN2C(=O)[C@@H](c2cc(OCCN3CC(c4cc5nnc(-c6ccccc6O)cc5[nH]4)C3)no2)C(C)C)cc1. The lowest BCUT2D eigenvalue weighted by Gasteiger charge is -2.38. The summed E-state index contributed by atoms with van der Waals surface area (Å²) in [4.78, 5) is 40.4. The summed E-state index contributed by atoms with van der Waals surface area (Å²) >= 11 is 1.59. The number of aliphatic hydroxyl groups excluding tert-OH is 1. The number of aromatic amines is 1. The predicted octanol–water partition coefficient (Wildman–Crippen LogP) is 5.81. The molecular formula is C42H46N8O6S. The number of nitrogens with zero attached hydrogens (tertiary/aromatic N) is 6. The number of ether oxygens (including phenoxy) is 1. The highest BCUT2D eigenvalue weighted by molar-refractivity contribution is 7.13. The van der Waals surface area contributed by atoms with E-state index in [1.807, 2.05) is 81.7 Å². The lowest BCUT2D eigenvalue weighted by molar-refractivity contribution is -0.141. The molecular weight excluding hydrogens is 745 g/mol. The first-order valence-corrected chi connectivity index (χ1v) is 20.2. The van der Waals surface area contributed by atoms with Crippen LogP contribution in [0.25, 0.3) is 32.7 Å². The molecule has 14 nitrogen and oxygen atoms in total. The van der Waals surface area contributed by atoms with Crippen molar-refractivity contribution in [3.63, 3.8) is 0 Å². The fraction of sp³-hybridized carbons (Fsp3) is 0.381. The topological polar surface area (TPSA) is 183 Å². The van der Waals surface area contributed by atoms with Gasteiger partial charge in [-0.15, -0.1) is 21.5 Å². The minimum absolute atomic E-state index is 0.0525. The van der Waals surface area contributed by atoms with Crippen molar-refractivity contribution < 1.29 is 29.1 Å². The first-order valence-electron chi connectivity index (χ1n) is 19.3. The van der Waals surface area contributed by atoms with Crippen LogP contribution in [0.2, 0.25) is 0 Å². The van der Waals surface area contributed by atoms with Crippen LogP contribution in [-0.4, -0.2) is 102 Å². The van der Waals surface area contributed by atoms with Gasteiger partial charge >= 0.3 is 0 Å². The molecule has 0 aliphatic carbocycles. The molecule has 8 rings (SSSR count). The van der Waals surface area contributed by atoms with Crippen molar-refractivity contribution in [3.05, 3.63) is 95.0 Å². The van der Waals surface area contributed by atoms with E-state index < -0.39 is 18.1 Å². The molecule has 15 heteroatoms. The summed E-state index contributed by atoms with van der Waals surface area (Å²) < 4.78 is 11.6. The minimum Gasteiger partial charge on any atom is -0.507 e. The van der Waals surface area contributed by atoms with Crippen LogP contribution in [0, 0.1) is 12.8 Å². The first-order chi connectivity index (χ1) is 27.5. The van der Waals surface area contributed by atoms with Gasteiger partial charge in [0.05, 0.1) is 39.4 Å². The van der Waals surface area contributed by atoms with E-state index in [0.717, 1.165) is 51.5 Å². The van der Waals surface area contributed by atoms with E-state index in [4.69, 9.17) is 9.26 Å². The zero-order valence-electron chi connectivity index (χ0n) is 32.3. The summed E-state index contributed by atoms with van der Waals surface area (Å²) in [7, 11) is 0. The van der Waals surface area contributed by atoms with E-state index in [1.165, 1.54) is 4.90 Å². The number of aromatic hydroxyl groups is 1. The molecule has 4 N–H and O–H groups in total. The van der Waals surface area contributed by atoms with Crippen molar-refractivity contribution in [2.75, 3.05) is 32.8 Å². The highest BCUT2D eigenvalue weighted by atomic mass is 32.1. The lowest BCUT2D eigenvalue weighted by atomic mass is 9.91. The Hall–Kier alpha value is -5.64. The Bertz CT molecular complexity index is 2370. The van der Waals surface area contributed by atoms with Gasteiger partial charge in [-0.2, -0.15) is 0 Å². The number of nitrogens with one attached hydrogen (secondary N) is 2. The summed E-state index contributed by atoms with van der Waals surface area (Å²) in [6, 6.07) is 19.5. The number of carbonyl (C=O) groups excluding carboxylic acids is 2. The predicted molar refractivity (Wildman–Crippen MR) is 215 cm³/mol. The Balaban J connectivity index is 0.838. The Labute approximate surface area is 333 Å². The van der Waals surface area contributed by atoms with Crippen LogP contribution in [0.3, 0.4) is 0 Å². The fourth-order valence-electron chi connectivity index (χ4n) is 7.82. The third-order valence-electron chi connectivity index (χ3n) is 11.0. The maximum Gasteiger partial charge on any atom is 0.254 e. The Morgan fingerprint density at radius 1 is 1.05 bits per heavy atom. The molecule has 57 heavy (non-hydrogen) atoms. The maximum atomic E-state index is 14.1. The van der Waals surface area contributed by atoms with E-state index in [-0.39, 0.29) is 48.4 Å². The number of H-pyrrole nitrogens is 1. The van der Waals surface area contributed by atoms with E-state index in [0.29, 0.717) is 36.1 Å². The molecule has 2 amide bonds. The molecule has 4 atom stereocenters. The number of phenols is 1. The molecule has 2 aromatic carbocycles. The third kappa shape index (κ3) is 8.00. The largest absolute Gasteiger partial charge is 0.507 e. The highest BCUT2D eigenvalue weighted by Gasteiger charge is 2.43. The van der Waals surface area contributed by atoms with Gasteiger partial charge in [-0.1, -0.05) is 50.2 Å². The van der Waals surface area contributed by atoms with Gasteiger partial charge in [0.2, 0.25) is 11.8 Å². The average Bonchev–Trinajstić information content (AvgIpc) is 3.99. The molecule has 0 radical (unpaired) electrons. The number of benzene rings is 2. The molecule has 6 aromatic rings. The van der Waals surface area contributed by atoms with E-state index in [2.05, 4.69) is 35.5 Å². The van der Waals surface area contributed by atoms with E-state index >= 15 is 0 Å². The van der Waals surface area contributed by atoms with Crippen LogP contribution in [0.5, 0.6) is 11.6 Å². The Morgan fingerprint density at radius 3 is 2.58 bits per heavy atom. The first kappa shape index (κ1) is 38.2. The van der Waals surface area contributed by atoms with Crippen molar-refractivity contribution in [1.29, 1.82) is 0 Å². The molecule has 2 aliphatic rings. The number of amides is 2. The molecule has 0 saturated carbocycles.